The van der Waals surface area contributed by atoms with Crippen LogP contribution in [-0.2, 0) is 47.1 Å². The van der Waals surface area contributed by atoms with Gasteiger partial charge in [-0.3, -0.25) is 59.4 Å². The number of phenols is 3. The standard InChI is InChI=1S/C25H17ClN4O4.C16H14ClN3.C11H11NO6.C7H5NO4.C4H6N2O2.C2H4O2.5ClH.Nb/c26-17-8-6-16(7-9-17)24-20(12-15-4-2-1-3-5-15)28-29-21(14-23(32)27-25(24)29)19-11-10-18(30(33)34)13-22(19)31;17-13-8-6-12(7-9-13)15-14(19-20-16(15)18)10-11-4-2-1-3-5-11;1-2-18-11(15)6-10(14)8-4-3-7(12(16)17)5-9(8)13;9-4-5-1-2-6(8(11)12)3-7(5)10;1-2-8-4(7)3-6-5;1-2(3)4;;;;;;/h1-11,13-14,31H,12H2,(H,27,32);1-9H,10H2,(H3,18,19,20);3-5,13H,2,6H2,1H3;1-4,10H;3H,2H2,1H3;1H3,(H,3,4);5*1H;/q;;;;;;;;;;;+5/p-5. The molecule has 3 heterocycles. The van der Waals surface area contributed by atoms with E-state index >= 15 is 0 Å². The number of esters is 2. The number of aromatic nitrogens is 5. The van der Waals surface area contributed by atoms with Gasteiger partial charge in [-0.25, -0.2) is 9.31 Å². The number of Topliss-reactive ketones (excluding diaryl/α,β-unsaturated/α-hetero) is 1. The molecule has 29 nitrogen and oxygen atoms in total. The Labute approximate surface area is 607 Å². The first-order valence-electron chi connectivity index (χ1n) is 28.8. The zero-order chi connectivity index (χ0) is 76.0. The van der Waals surface area contributed by atoms with Crippen molar-refractivity contribution in [2.75, 3.05) is 18.9 Å². The molecule has 7 aromatic carbocycles. The molecule has 0 atom stereocenters. The van der Waals surface area contributed by atoms with E-state index in [2.05, 4.69) is 41.6 Å². The van der Waals surface area contributed by atoms with Crippen molar-refractivity contribution < 1.29 is 83.8 Å². The van der Waals surface area contributed by atoms with Crippen LogP contribution in [0.1, 0.15) is 70.4 Å². The van der Waals surface area contributed by atoms with Crippen LogP contribution in [-0.4, -0.2) is 114 Å². The monoisotopic (exact) mass is 1620 g/mol. The summed E-state index contributed by atoms with van der Waals surface area (Å²) in [4.78, 5) is 99.7. The summed E-state index contributed by atoms with van der Waals surface area (Å²) in [7, 11) is 20.9. The number of nitrogens with one attached hydrogen (secondary N) is 2. The van der Waals surface area contributed by atoms with E-state index in [4.69, 9.17) is 101 Å². The molecule has 0 spiro atoms. The molecule has 0 saturated heterocycles. The van der Waals surface area contributed by atoms with Gasteiger partial charge in [0.2, 0.25) is 0 Å². The van der Waals surface area contributed by atoms with Gasteiger partial charge in [-0.1, -0.05) is 108 Å². The van der Waals surface area contributed by atoms with E-state index in [9.17, 15) is 64.5 Å². The number of aromatic hydroxyl groups is 3. The van der Waals surface area contributed by atoms with Gasteiger partial charge in [0.25, 0.3) is 28.6 Å². The van der Waals surface area contributed by atoms with Crippen LogP contribution in [0.15, 0.2) is 175 Å². The van der Waals surface area contributed by atoms with E-state index in [1.165, 1.54) is 29.8 Å². The minimum atomic E-state index is -4.33. The van der Waals surface area contributed by atoms with Gasteiger partial charge in [-0.15, -0.1) is 0 Å². The zero-order valence-corrected chi connectivity index (χ0v) is 60.6. The molecule has 0 saturated carbocycles. The molecule has 0 amide bonds. The van der Waals surface area contributed by atoms with Gasteiger partial charge < -0.3 is 46.1 Å². The molecule has 0 aliphatic carbocycles. The van der Waals surface area contributed by atoms with Crippen molar-refractivity contribution in [2.45, 2.75) is 40.0 Å². The number of aromatic amines is 2. The second-order valence-electron chi connectivity index (χ2n) is 20.0. The molecule has 534 valence electrons. The van der Waals surface area contributed by atoms with Gasteiger partial charge in [0.05, 0.1) is 68.7 Å². The predicted octanol–water partition coefficient (Wildman–Crippen LogP) is 15.1. The van der Waals surface area contributed by atoms with Crippen molar-refractivity contribution in [1.29, 1.82) is 0 Å². The Hall–Kier alpha value is -10.5. The number of fused-ring (bicyclic) bond motifs is 1. The minimum absolute atomic E-state index is 0.0422. The van der Waals surface area contributed by atoms with Crippen molar-refractivity contribution in [3.8, 4) is 50.8 Å². The summed E-state index contributed by atoms with van der Waals surface area (Å²) in [5.41, 5.74) is 20.8. The van der Waals surface area contributed by atoms with Crippen LogP contribution in [0.2, 0.25) is 10.0 Å². The summed E-state index contributed by atoms with van der Waals surface area (Å²) < 4.78 is 10.5. The maximum absolute atomic E-state index is 12.7. The number of aldehydes is 1. The Morgan fingerprint density at radius 1 is 0.667 bits per heavy atom. The number of halogens is 7. The van der Waals surface area contributed by atoms with Crippen LogP contribution in [0.3, 0.4) is 0 Å². The number of rotatable bonds is 17. The molecule has 10 rings (SSSR count). The number of non-ortho nitro benzene ring substituents is 3. The van der Waals surface area contributed by atoms with Crippen LogP contribution in [0, 0.1) is 30.3 Å². The third kappa shape index (κ3) is 28.6. The van der Waals surface area contributed by atoms with E-state index in [0.717, 1.165) is 83.3 Å². The second-order valence-corrected chi connectivity index (χ2v) is 54.2. The first kappa shape index (κ1) is 83.9. The van der Waals surface area contributed by atoms with E-state index in [-0.39, 0.29) is 51.9 Å². The van der Waals surface area contributed by atoms with Crippen LogP contribution in [0.25, 0.3) is 44.7 Å². The fraction of sp³-hybridized carbons (Fsp3) is 0.123. The molecule has 37 heteroatoms. The van der Waals surface area contributed by atoms with Crippen LogP contribution >= 0.6 is 69.1 Å². The summed E-state index contributed by atoms with van der Waals surface area (Å²) in [6.07, 6.45) is 1.87. The Morgan fingerprint density at radius 2 is 1.13 bits per heavy atom. The van der Waals surface area contributed by atoms with Crippen molar-refractivity contribution >= 4 is 134 Å². The van der Waals surface area contributed by atoms with E-state index in [0.29, 0.717) is 58.4 Å². The number of carbonyl (C=O) groups is 5. The molecule has 102 heavy (non-hydrogen) atoms. The number of nitrogens with zero attached hydrogens (tertiary/aromatic N) is 8. The summed E-state index contributed by atoms with van der Waals surface area (Å²) in [6, 6.07) is 46.2. The molecule has 0 aliphatic heterocycles. The second kappa shape index (κ2) is 40.1. The molecule has 0 radical (unpaired) electrons. The quantitative estimate of drug-likeness (QED) is 0.00425. The molecule has 3 aromatic heterocycles. The molecule has 0 fully saturated rings. The number of nitro benzene ring substituents is 3. The Kier molecular flexibility index (Phi) is 32.9. The first-order chi connectivity index (χ1) is 48.0. The maximum atomic E-state index is 12.7. The van der Waals surface area contributed by atoms with Crippen LogP contribution in [0.5, 0.6) is 17.2 Å². The molecule has 0 aliphatic rings. The fourth-order valence-electron chi connectivity index (χ4n) is 8.51. The summed E-state index contributed by atoms with van der Waals surface area (Å²) in [5, 5.41) is 81.3. The fourth-order valence-corrected chi connectivity index (χ4v) is 8.76. The number of ketones is 1. The molecule has 8 N–H and O–H groups in total. The number of carbonyl (C=O) groups excluding carboxylic acids is 4. The summed E-state index contributed by atoms with van der Waals surface area (Å²) in [5.74, 6) is -3.54. The Bertz CT molecular complexity index is 4710. The number of phenolic OH excluding ortho intramolecular Hbond substituents is 3. The molecule has 0 unspecified atom stereocenters. The number of nitrogen functional groups attached to an aromatic ring is 1. The number of anilines is 1. The molecule has 0 bridgehead atoms. The average molecular weight is 1620 g/mol. The Morgan fingerprint density at radius 3 is 1.58 bits per heavy atom. The number of carboxylic acid groups (broad SMARTS) is 1. The van der Waals surface area contributed by atoms with E-state index in [1.807, 2.05) is 84.9 Å². The van der Waals surface area contributed by atoms with Gasteiger partial charge >= 0.3 is 74.5 Å². The normalized spacial score (nSPS) is 10.5. The number of carboxylic acids is 1. The van der Waals surface area contributed by atoms with Crippen molar-refractivity contribution in [3.05, 3.63) is 260 Å². The molecule has 10 aromatic rings. The van der Waals surface area contributed by atoms with Gasteiger partial charge in [-0.2, -0.15) is 15.0 Å². The molecular weight excluding hydrogens is 1560 g/mol. The van der Waals surface area contributed by atoms with Gasteiger partial charge in [0, 0.05) is 76.5 Å². The van der Waals surface area contributed by atoms with E-state index in [1.54, 1.807) is 30.5 Å². The van der Waals surface area contributed by atoms with Gasteiger partial charge in [0.1, 0.15) is 29.3 Å². The molecular formula is C65H57Cl7N11NbO18. The third-order valence-corrected chi connectivity index (χ3v) is 13.1. The van der Waals surface area contributed by atoms with Crippen molar-refractivity contribution in [3.63, 3.8) is 0 Å². The van der Waals surface area contributed by atoms with Crippen molar-refractivity contribution in [1.82, 2.24) is 24.8 Å². The summed E-state index contributed by atoms with van der Waals surface area (Å²) >= 11 is 12.0. The van der Waals surface area contributed by atoms with Crippen LogP contribution in [0.4, 0.5) is 22.9 Å². The van der Waals surface area contributed by atoms with Gasteiger partial charge in [0.15, 0.2) is 17.9 Å². The topological polar surface area (TPSA) is 455 Å². The number of ether oxygens (including phenoxy) is 2. The summed E-state index contributed by atoms with van der Waals surface area (Å²) in [6.45, 7) is 4.80. The average Bonchev–Trinajstić information content (AvgIpc) is 1.59. The van der Waals surface area contributed by atoms with E-state index < -0.39 is 66.6 Å². The van der Waals surface area contributed by atoms with Crippen molar-refractivity contribution in [2.24, 2.45) is 0 Å². The number of nitro groups is 3. The predicted molar refractivity (Wildman–Crippen MR) is 381 cm³/mol. The van der Waals surface area contributed by atoms with Crippen LogP contribution < -0.4 is 11.3 Å². The number of hydrogen-bond donors (Lipinski definition) is 7. The SMILES string of the molecule is CC(=O)O.CCOC(=O)C=[N+]=[N-].CCOC(=O)CC(=O)c1ccc([N+](=O)[O-])cc1O.Nc1n[nH]c(Cc2ccccc2)c1-c1ccc(Cl)cc1.O=Cc1ccc([N+](=O)[O-])cc1O.O=c1cc(-c2ccc([N+](=O)[O-])cc2O)n2nc(Cc3ccccc3)c(-c3ccc(Cl)cc3)c2[nH]1.[Cl][Nb]([Cl])([Cl])([Cl])[Cl]. The zero-order valence-electron chi connectivity index (χ0n) is 53.1. The Balaban J connectivity index is 0.000000280. The number of nitrogens with two attached hydrogens (primary N) is 1. The first-order valence-corrected chi connectivity index (χ1v) is 43.7. The number of benzene rings is 7. The van der Waals surface area contributed by atoms with Gasteiger partial charge in [-0.05, 0) is 78.6 Å². The number of hydrogen-bond acceptors (Lipinski definition) is 20. The number of aliphatic carboxylic acids is 1. The third-order valence-electron chi connectivity index (χ3n) is 12.6. The number of H-pyrrole nitrogens is 2.